The van der Waals surface area contributed by atoms with Crippen LogP contribution in [0.1, 0.15) is 38.2 Å². The van der Waals surface area contributed by atoms with Crippen LogP contribution in [0.2, 0.25) is 0 Å². The molecule has 7 nitrogen and oxygen atoms in total. The number of aromatic nitrogens is 1. The Balaban J connectivity index is 1.70. The van der Waals surface area contributed by atoms with E-state index in [2.05, 4.69) is 23.6 Å². The molecule has 1 saturated heterocycles. The van der Waals surface area contributed by atoms with Crippen molar-refractivity contribution in [2.75, 3.05) is 22.7 Å². The van der Waals surface area contributed by atoms with Crippen molar-refractivity contribution in [3.8, 4) is 0 Å². The maximum Gasteiger partial charge on any atom is 0.261 e. The van der Waals surface area contributed by atoms with Crippen LogP contribution in [0.15, 0.2) is 47.5 Å². The monoisotopic (exact) mass is 402 g/mol. The first-order chi connectivity index (χ1) is 13.3. The summed E-state index contributed by atoms with van der Waals surface area (Å²) < 4.78 is 27.7. The number of pyridine rings is 1. The molecule has 1 aliphatic rings. The molecule has 0 bridgehead atoms. The van der Waals surface area contributed by atoms with Gasteiger partial charge in [-0.3, -0.25) is 9.52 Å². The minimum Gasteiger partial charge on any atom is -0.369 e. The second-order valence-corrected chi connectivity index (χ2v) is 9.10. The zero-order chi connectivity index (χ0) is 20.3. The Morgan fingerprint density at radius 1 is 1.21 bits per heavy atom. The van der Waals surface area contributed by atoms with Gasteiger partial charge < -0.3 is 10.6 Å². The van der Waals surface area contributed by atoms with Crippen LogP contribution in [-0.4, -0.2) is 32.4 Å². The highest BCUT2D eigenvalue weighted by Gasteiger charge is 2.24. The number of hydrogen-bond donors (Lipinski definition) is 2. The van der Waals surface area contributed by atoms with E-state index in [1.807, 2.05) is 17.0 Å². The number of primary amides is 1. The van der Waals surface area contributed by atoms with Gasteiger partial charge in [-0.05, 0) is 48.6 Å². The van der Waals surface area contributed by atoms with E-state index in [1.54, 1.807) is 24.3 Å². The first kappa shape index (κ1) is 20.1. The van der Waals surface area contributed by atoms with E-state index in [0.29, 0.717) is 24.0 Å². The van der Waals surface area contributed by atoms with Crippen molar-refractivity contribution in [1.82, 2.24) is 4.98 Å². The molecule has 1 aliphatic heterocycles. The van der Waals surface area contributed by atoms with Gasteiger partial charge in [0.05, 0.1) is 22.7 Å². The van der Waals surface area contributed by atoms with Gasteiger partial charge in [0.25, 0.3) is 10.0 Å². The van der Waals surface area contributed by atoms with Crippen molar-refractivity contribution in [1.29, 1.82) is 0 Å². The number of benzene rings is 1. The topological polar surface area (TPSA) is 105 Å². The van der Waals surface area contributed by atoms with Crippen molar-refractivity contribution in [2.45, 2.75) is 37.5 Å². The molecule has 3 N–H and O–H groups in total. The summed E-state index contributed by atoms with van der Waals surface area (Å²) in [6, 6.07) is 10.3. The van der Waals surface area contributed by atoms with Crippen LogP contribution in [0.4, 0.5) is 11.5 Å². The molecule has 1 aromatic carbocycles. The lowest BCUT2D eigenvalue weighted by atomic mass is 9.97. The van der Waals surface area contributed by atoms with E-state index in [0.717, 1.165) is 24.9 Å². The number of nitrogens with zero attached hydrogens (tertiary/aromatic N) is 2. The number of amides is 1. The standard InChI is InChI=1S/C20H26N4O3S/c1-14(2)15-5-8-18(9-6-15)28(26,27)23-17-7-10-19(22-12-17)24-11-3-4-16(13-24)20(21)25/h5-10,12,14,16,23H,3-4,11,13H2,1-2H3,(H2,21,25). The van der Waals surface area contributed by atoms with Crippen LogP contribution < -0.4 is 15.4 Å². The summed E-state index contributed by atoms with van der Waals surface area (Å²) in [5, 5.41) is 0. The fraction of sp³-hybridized carbons (Fsp3) is 0.400. The van der Waals surface area contributed by atoms with Gasteiger partial charge in [-0.2, -0.15) is 0 Å². The fourth-order valence-corrected chi connectivity index (χ4v) is 4.34. The summed E-state index contributed by atoms with van der Waals surface area (Å²) in [7, 11) is -3.68. The minimum absolute atomic E-state index is 0.178. The average Bonchev–Trinajstić information content (AvgIpc) is 2.68. The number of nitrogens with one attached hydrogen (secondary N) is 1. The zero-order valence-electron chi connectivity index (χ0n) is 16.1. The second kappa shape index (κ2) is 8.18. The first-order valence-corrected chi connectivity index (χ1v) is 10.9. The highest BCUT2D eigenvalue weighted by Crippen LogP contribution is 2.24. The van der Waals surface area contributed by atoms with Crippen LogP contribution in [0.25, 0.3) is 0 Å². The van der Waals surface area contributed by atoms with E-state index in [9.17, 15) is 13.2 Å². The molecule has 1 aromatic heterocycles. The number of carbonyl (C=O) groups is 1. The van der Waals surface area contributed by atoms with Gasteiger partial charge >= 0.3 is 0 Å². The molecular weight excluding hydrogens is 376 g/mol. The van der Waals surface area contributed by atoms with Crippen molar-refractivity contribution in [2.24, 2.45) is 11.7 Å². The molecule has 0 saturated carbocycles. The van der Waals surface area contributed by atoms with Crippen molar-refractivity contribution in [3.63, 3.8) is 0 Å². The number of sulfonamides is 1. The molecule has 0 radical (unpaired) electrons. The maximum absolute atomic E-state index is 12.6. The van der Waals surface area contributed by atoms with E-state index in [-0.39, 0.29) is 16.7 Å². The third kappa shape index (κ3) is 4.62. The summed E-state index contributed by atoms with van der Waals surface area (Å²) in [6.45, 7) is 5.45. The van der Waals surface area contributed by atoms with Gasteiger partial charge in [-0.15, -0.1) is 0 Å². The highest BCUT2D eigenvalue weighted by molar-refractivity contribution is 7.92. The number of anilines is 2. The molecule has 1 fully saturated rings. The number of hydrogen-bond acceptors (Lipinski definition) is 5. The van der Waals surface area contributed by atoms with E-state index >= 15 is 0 Å². The maximum atomic E-state index is 12.6. The van der Waals surface area contributed by atoms with Gasteiger partial charge in [0.15, 0.2) is 0 Å². The predicted octanol–water partition coefficient (Wildman–Crippen LogP) is 2.71. The van der Waals surface area contributed by atoms with Crippen LogP contribution in [0.3, 0.4) is 0 Å². The Morgan fingerprint density at radius 2 is 1.93 bits per heavy atom. The highest BCUT2D eigenvalue weighted by atomic mass is 32.2. The number of nitrogens with two attached hydrogens (primary N) is 1. The number of piperidine rings is 1. The third-order valence-electron chi connectivity index (χ3n) is 5.00. The van der Waals surface area contributed by atoms with Gasteiger partial charge in [-0.1, -0.05) is 26.0 Å². The number of rotatable bonds is 6. The normalized spacial score (nSPS) is 17.5. The Bertz CT molecular complexity index is 925. The molecule has 2 heterocycles. The Kier molecular flexibility index (Phi) is 5.88. The lowest BCUT2D eigenvalue weighted by Crippen LogP contribution is -2.41. The van der Waals surface area contributed by atoms with E-state index < -0.39 is 10.0 Å². The molecule has 3 rings (SSSR count). The van der Waals surface area contributed by atoms with Crippen LogP contribution in [0.5, 0.6) is 0 Å². The lowest BCUT2D eigenvalue weighted by molar-refractivity contribution is -0.122. The van der Waals surface area contributed by atoms with Crippen LogP contribution in [0, 0.1) is 5.92 Å². The van der Waals surface area contributed by atoms with Gasteiger partial charge in [0, 0.05) is 13.1 Å². The van der Waals surface area contributed by atoms with Crippen molar-refractivity contribution in [3.05, 3.63) is 48.2 Å². The quantitative estimate of drug-likeness (QED) is 0.773. The minimum atomic E-state index is -3.68. The molecule has 1 atom stereocenters. The van der Waals surface area contributed by atoms with Crippen molar-refractivity contribution < 1.29 is 13.2 Å². The second-order valence-electron chi connectivity index (χ2n) is 7.42. The molecule has 28 heavy (non-hydrogen) atoms. The van der Waals surface area contributed by atoms with E-state index in [1.165, 1.54) is 6.20 Å². The Labute approximate surface area is 166 Å². The molecule has 0 spiro atoms. The van der Waals surface area contributed by atoms with Gasteiger partial charge in [-0.25, -0.2) is 13.4 Å². The van der Waals surface area contributed by atoms with Gasteiger partial charge in [0.2, 0.25) is 5.91 Å². The summed E-state index contributed by atoms with van der Waals surface area (Å²) in [6.07, 6.45) is 3.15. The summed E-state index contributed by atoms with van der Waals surface area (Å²) >= 11 is 0. The van der Waals surface area contributed by atoms with E-state index in [4.69, 9.17) is 5.73 Å². The molecular formula is C20H26N4O3S. The SMILES string of the molecule is CC(C)c1ccc(S(=O)(=O)Nc2ccc(N3CCCC(C(N)=O)C3)nc2)cc1. The molecule has 0 aliphatic carbocycles. The largest absolute Gasteiger partial charge is 0.369 e. The molecule has 2 aromatic rings. The van der Waals surface area contributed by atoms with Crippen LogP contribution in [-0.2, 0) is 14.8 Å². The molecule has 150 valence electrons. The smallest absolute Gasteiger partial charge is 0.261 e. The fourth-order valence-electron chi connectivity index (χ4n) is 3.30. The number of carbonyl (C=O) groups excluding carboxylic acids is 1. The summed E-state index contributed by atoms with van der Waals surface area (Å²) in [5.74, 6) is 0.570. The molecule has 1 unspecified atom stereocenters. The predicted molar refractivity (Wildman–Crippen MR) is 110 cm³/mol. The zero-order valence-corrected chi connectivity index (χ0v) is 16.9. The Hall–Kier alpha value is -2.61. The lowest BCUT2D eigenvalue weighted by Gasteiger charge is -2.32. The molecule has 8 heteroatoms. The first-order valence-electron chi connectivity index (χ1n) is 9.39. The third-order valence-corrected chi connectivity index (χ3v) is 6.40. The van der Waals surface area contributed by atoms with Gasteiger partial charge in [0.1, 0.15) is 5.82 Å². The Morgan fingerprint density at radius 3 is 2.50 bits per heavy atom. The average molecular weight is 403 g/mol. The summed E-state index contributed by atoms with van der Waals surface area (Å²) in [4.78, 5) is 18.0. The van der Waals surface area contributed by atoms with Crippen LogP contribution >= 0.6 is 0 Å². The molecule has 1 amide bonds. The summed E-state index contributed by atoms with van der Waals surface area (Å²) in [5.41, 5.74) is 6.89. The van der Waals surface area contributed by atoms with Crippen molar-refractivity contribution >= 4 is 27.4 Å².